The number of imidazole rings is 1. The fourth-order valence-corrected chi connectivity index (χ4v) is 2.93. The van der Waals surface area contributed by atoms with Gasteiger partial charge in [0, 0.05) is 18.8 Å². The Kier molecular flexibility index (Phi) is 6.21. The Morgan fingerprint density at radius 2 is 2.00 bits per heavy atom. The van der Waals surface area contributed by atoms with Crippen LogP contribution in [0.4, 0.5) is 4.39 Å². The molecule has 0 aliphatic rings. The zero-order valence-corrected chi connectivity index (χ0v) is 14.6. The largest absolute Gasteiger partial charge is 0.338 e. The first-order valence-electron chi connectivity index (χ1n) is 7.79. The van der Waals surface area contributed by atoms with Gasteiger partial charge in [0.2, 0.25) is 0 Å². The van der Waals surface area contributed by atoms with Crippen LogP contribution in [0.2, 0.25) is 0 Å². The third-order valence-electron chi connectivity index (χ3n) is 3.67. The van der Waals surface area contributed by atoms with Crippen molar-refractivity contribution in [3.05, 3.63) is 42.0 Å². The average molecular weight is 335 g/mol. The van der Waals surface area contributed by atoms with Gasteiger partial charge in [-0.1, -0.05) is 25.1 Å². The van der Waals surface area contributed by atoms with E-state index in [1.807, 2.05) is 18.1 Å². The van der Waals surface area contributed by atoms with Crippen molar-refractivity contribution in [2.24, 2.45) is 0 Å². The summed E-state index contributed by atoms with van der Waals surface area (Å²) in [7, 11) is 0. The molecule has 124 valence electrons. The zero-order chi connectivity index (χ0) is 16.8. The van der Waals surface area contributed by atoms with Crippen molar-refractivity contribution in [1.82, 2.24) is 14.5 Å². The molecule has 1 amide bonds. The third-order valence-corrected chi connectivity index (χ3v) is 4.32. The molecule has 2 rings (SSSR count). The maximum atomic E-state index is 13.2. The van der Waals surface area contributed by atoms with Gasteiger partial charge < -0.3 is 4.90 Å². The van der Waals surface area contributed by atoms with E-state index >= 15 is 0 Å². The Morgan fingerprint density at radius 3 is 2.57 bits per heavy atom. The van der Waals surface area contributed by atoms with Crippen LogP contribution < -0.4 is 0 Å². The molecule has 0 saturated heterocycles. The summed E-state index contributed by atoms with van der Waals surface area (Å²) < 4.78 is 15.0. The lowest BCUT2D eigenvalue weighted by molar-refractivity contribution is 0.0753. The van der Waals surface area contributed by atoms with E-state index in [4.69, 9.17) is 0 Å². The van der Waals surface area contributed by atoms with Crippen molar-refractivity contribution in [1.29, 1.82) is 0 Å². The molecule has 0 atom stereocenters. The fraction of sp³-hybridized carbons (Fsp3) is 0.412. The molecule has 0 saturated carbocycles. The number of rotatable bonds is 7. The van der Waals surface area contributed by atoms with Gasteiger partial charge in [0.25, 0.3) is 5.91 Å². The van der Waals surface area contributed by atoms with Gasteiger partial charge in [-0.25, -0.2) is 9.37 Å². The number of hydrogen-bond donors (Lipinski definition) is 0. The minimum absolute atomic E-state index is 0.0434. The Hall–Kier alpha value is -1.82. The van der Waals surface area contributed by atoms with Crippen LogP contribution >= 0.6 is 11.8 Å². The predicted molar refractivity (Wildman–Crippen MR) is 91.8 cm³/mol. The topological polar surface area (TPSA) is 38.1 Å². The second-order valence-electron chi connectivity index (χ2n) is 5.18. The number of aromatic nitrogens is 2. The van der Waals surface area contributed by atoms with E-state index in [0.29, 0.717) is 17.4 Å². The highest BCUT2D eigenvalue weighted by Gasteiger charge is 2.21. The highest BCUT2D eigenvalue weighted by atomic mass is 32.2. The molecule has 0 bridgehead atoms. The maximum Gasteiger partial charge on any atom is 0.272 e. The van der Waals surface area contributed by atoms with Gasteiger partial charge in [0.1, 0.15) is 11.5 Å². The Balaban J connectivity index is 2.41. The second-order valence-corrected chi connectivity index (χ2v) is 5.95. The van der Waals surface area contributed by atoms with Crippen LogP contribution in [0, 0.1) is 5.82 Å². The van der Waals surface area contributed by atoms with Crippen LogP contribution in [-0.4, -0.2) is 39.7 Å². The molecule has 0 unspecified atom stereocenters. The number of unbranched alkanes of at least 4 members (excludes halogenated alkanes) is 1. The van der Waals surface area contributed by atoms with Crippen LogP contribution in [0.5, 0.6) is 0 Å². The van der Waals surface area contributed by atoms with Crippen LogP contribution in [0.3, 0.4) is 0 Å². The number of hydrogen-bond acceptors (Lipinski definition) is 3. The molecule has 0 aliphatic heterocycles. The second kappa shape index (κ2) is 8.15. The van der Waals surface area contributed by atoms with Crippen molar-refractivity contribution >= 4 is 17.7 Å². The smallest absolute Gasteiger partial charge is 0.272 e. The molecule has 6 heteroatoms. The van der Waals surface area contributed by atoms with Crippen molar-refractivity contribution < 1.29 is 9.18 Å². The van der Waals surface area contributed by atoms with Gasteiger partial charge in [0.15, 0.2) is 5.16 Å². The van der Waals surface area contributed by atoms with Crippen LogP contribution in [0.1, 0.15) is 37.2 Å². The number of halogens is 1. The summed E-state index contributed by atoms with van der Waals surface area (Å²) in [6, 6.07) is 6.11. The minimum Gasteiger partial charge on any atom is -0.338 e. The van der Waals surface area contributed by atoms with Gasteiger partial charge in [-0.15, -0.1) is 0 Å². The van der Waals surface area contributed by atoms with E-state index in [0.717, 1.165) is 25.1 Å². The molecule has 1 aromatic carbocycles. The van der Waals surface area contributed by atoms with Gasteiger partial charge >= 0.3 is 0 Å². The molecule has 0 spiro atoms. The first kappa shape index (κ1) is 17.5. The summed E-state index contributed by atoms with van der Waals surface area (Å²) in [4.78, 5) is 19.0. The number of carbonyl (C=O) groups is 1. The van der Waals surface area contributed by atoms with Crippen LogP contribution in [0.15, 0.2) is 35.6 Å². The molecule has 0 N–H and O–H groups in total. The summed E-state index contributed by atoms with van der Waals surface area (Å²) in [5, 5.41) is 0.714. The molecule has 2 aromatic rings. The molecular formula is C17H22FN3OS. The van der Waals surface area contributed by atoms with E-state index < -0.39 is 0 Å². The van der Waals surface area contributed by atoms with Crippen molar-refractivity contribution in [3.63, 3.8) is 0 Å². The summed E-state index contributed by atoms with van der Waals surface area (Å²) in [6.07, 6.45) is 5.52. The van der Waals surface area contributed by atoms with Crippen molar-refractivity contribution in [3.8, 4) is 5.69 Å². The zero-order valence-electron chi connectivity index (χ0n) is 13.8. The lowest BCUT2D eigenvalue weighted by atomic mass is 10.2. The third kappa shape index (κ3) is 3.93. The predicted octanol–water partition coefficient (Wildman–Crippen LogP) is 4.00. The monoisotopic (exact) mass is 335 g/mol. The maximum absolute atomic E-state index is 13.2. The van der Waals surface area contributed by atoms with E-state index in [2.05, 4.69) is 11.9 Å². The summed E-state index contributed by atoms with van der Waals surface area (Å²) in [6.45, 7) is 5.46. The summed E-state index contributed by atoms with van der Waals surface area (Å²) >= 11 is 1.46. The van der Waals surface area contributed by atoms with Crippen LogP contribution in [0.25, 0.3) is 5.69 Å². The summed E-state index contributed by atoms with van der Waals surface area (Å²) in [5.74, 6) is -0.344. The van der Waals surface area contributed by atoms with E-state index in [1.165, 1.54) is 23.9 Å². The fourth-order valence-electron chi connectivity index (χ4n) is 2.38. The van der Waals surface area contributed by atoms with Gasteiger partial charge in [-0.05, 0) is 43.9 Å². The number of nitrogens with zero attached hydrogens (tertiary/aromatic N) is 3. The standard InChI is InChI=1S/C17H22FN3OS/c1-4-6-11-20(5-2)16(22)15-12-19-17(23-3)21(15)14-9-7-13(18)8-10-14/h7-10,12H,4-6,11H2,1-3H3. The molecule has 0 aliphatic carbocycles. The number of amides is 1. The van der Waals surface area contributed by atoms with E-state index in [9.17, 15) is 9.18 Å². The van der Waals surface area contributed by atoms with Crippen LogP contribution in [-0.2, 0) is 0 Å². The Morgan fingerprint density at radius 1 is 1.30 bits per heavy atom. The molecule has 0 fully saturated rings. The molecule has 4 nitrogen and oxygen atoms in total. The van der Waals surface area contributed by atoms with Crippen molar-refractivity contribution in [2.75, 3.05) is 19.3 Å². The lowest BCUT2D eigenvalue weighted by Crippen LogP contribution is -2.33. The molecule has 0 radical (unpaired) electrons. The van der Waals surface area contributed by atoms with Gasteiger partial charge in [0.05, 0.1) is 6.20 Å². The first-order valence-corrected chi connectivity index (χ1v) is 9.01. The van der Waals surface area contributed by atoms with Crippen molar-refractivity contribution in [2.45, 2.75) is 31.8 Å². The Labute approximate surface area is 140 Å². The van der Waals surface area contributed by atoms with Gasteiger partial charge in [-0.2, -0.15) is 0 Å². The first-order chi connectivity index (χ1) is 11.1. The quantitative estimate of drug-likeness (QED) is 0.718. The number of carbonyl (C=O) groups excluding carboxylic acids is 1. The SMILES string of the molecule is CCCCN(CC)C(=O)c1cnc(SC)n1-c1ccc(F)cc1. The molecular weight excluding hydrogens is 313 g/mol. The average Bonchev–Trinajstić information content (AvgIpc) is 3.00. The molecule has 1 aromatic heterocycles. The lowest BCUT2D eigenvalue weighted by Gasteiger charge is -2.21. The normalized spacial score (nSPS) is 10.8. The molecule has 23 heavy (non-hydrogen) atoms. The van der Waals surface area contributed by atoms with E-state index in [-0.39, 0.29) is 11.7 Å². The molecule has 1 heterocycles. The minimum atomic E-state index is -0.300. The number of benzene rings is 1. The van der Waals surface area contributed by atoms with E-state index in [1.54, 1.807) is 22.9 Å². The highest BCUT2D eigenvalue weighted by molar-refractivity contribution is 7.98. The summed E-state index contributed by atoms with van der Waals surface area (Å²) in [5.41, 5.74) is 1.25. The van der Waals surface area contributed by atoms with Gasteiger partial charge in [-0.3, -0.25) is 9.36 Å². The Bertz CT molecular complexity index is 654. The number of thioether (sulfide) groups is 1. The highest BCUT2D eigenvalue weighted by Crippen LogP contribution is 2.23.